The molecule has 3 nitrogen and oxygen atoms in total. The summed E-state index contributed by atoms with van der Waals surface area (Å²) < 4.78 is 1.01. The fourth-order valence-corrected chi connectivity index (χ4v) is 2.98. The van der Waals surface area contributed by atoms with E-state index in [0.29, 0.717) is 18.1 Å². The van der Waals surface area contributed by atoms with Gasteiger partial charge < -0.3 is 10.4 Å². The van der Waals surface area contributed by atoms with Crippen molar-refractivity contribution in [1.29, 1.82) is 0 Å². The summed E-state index contributed by atoms with van der Waals surface area (Å²) >= 11 is 4.92. The van der Waals surface area contributed by atoms with E-state index in [1.165, 1.54) is 11.8 Å². The van der Waals surface area contributed by atoms with Crippen LogP contribution in [0.25, 0.3) is 0 Å². The molecule has 1 unspecified atom stereocenters. The lowest BCUT2D eigenvalue weighted by Crippen LogP contribution is -2.40. The van der Waals surface area contributed by atoms with Crippen molar-refractivity contribution in [1.82, 2.24) is 5.32 Å². The van der Waals surface area contributed by atoms with Gasteiger partial charge in [0.15, 0.2) is 0 Å². The average molecular weight is 346 g/mol. The predicted molar refractivity (Wildman–Crippen MR) is 83.3 cm³/mol. The van der Waals surface area contributed by atoms with E-state index in [-0.39, 0.29) is 18.6 Å². The molecule has 0 aliphatic carbocycles. The molecule has 0 aliphatic rings. The van der Waals surface area contributed by atoms with Gasteiger partial charge in [-0.2, -0.15) is 0 Å². The van der Waals surface area contributed by atoms with Crippen molar-refractivity contribution >= 4 is 33.6 Å². The molecule has 1 amide bonds. The molecule has 0 saturated carbocycles. The van der Waals surface area contributed by atoms with Crippen molar-refractivity contribution in [2.24, 2.45) is 5.92 Å². The smallest absolute Gasteiger partial charge is 0.230 e. The summed E-state index contributed by atoms with van der Waals surface area (Å²) in [6.07, 6.45) is 0.602. The van der Waals surface area contributed by atoms with Crippen LogP contribution in [-0.4, -0.2) is 29.4 Å². The molecular formula is C14H20BrNO2S. The van der Waals surface area contributed by atoms with E-state index >= 15 is 0 Å². The van der Waals surface area contributed by atoms with Crippen LogP contribution in [-0.2, 0) is 4.79 Å². The highest BCUT2D eigenvalue weighted by Gasteiger charge is 2.15. The molecule has 0 saturated heterocycles. The summed E-state index contributed by atoms with van der Waals surface area (Å²) in [6.45, 7) is 4.19. The molecule has 1 aromatic rings. The number of aliphatic hydroxyl groups is 1. The third-order valence-corrected chi connectivity index (χ3v) is 4.24. The zero-order valence-corrected chi connectivity index (χ0v) is 13.6. The molecule has 0 radical (unpaired) electrons. The predicted octanol–water partition coefficient (Wildman–Crippen LogP) is 3.06. The number of hydrogen-bond donors (Lipinski definition) is 2. The number of hydrogen-bond acceptors (Lipinski definition) is 3. The monoisotopic (exact) mass is 345 g/mol. The second-order valence-corrected chi connectivity index (χ2v) is 6.64. The lowest BCUT2D eigenvalue weighted by molar-refractivity contribution is -0.119. The Kier molecular flexibility index (Phi) is 7.49. The van der Waals surface area contributed by atoms with Crippen LogP contribution in [0.1, 0.15) is 20.3 Å². The van der Waals surface area contributed by atoms with E-state index in [2.05, 4.69) is 21.2 Å². The Morgan fingerprint density at radius 1 is 1.47 bits per heavy atom. The third-order valence-electron chi connectivity index (χ3n) is 2.76. The third kappa shape index (κ3) is 6.45. The first-order valence-electron chi connectivity index (χ1n) is 6.31. The summed E-state index contributed by atoms with van der Waals surface area (Å²) in [4.78, 5) is 12.9. The van der Waals surface area contributed by atoms with Crippen LogP contribution in [0.2, 0.25) is 0 Å². The molecule has 19 heavy (non-hydrogen) atoms. The highest BCUT2D eigenvalue weighted by Crippen LogP contribution is 2.21. The summed E-state index contributed by atoms with van der Waals surface area (Å²) in [6, 6.07) is 7.93. The van der Waals surface area contributed by atoms with Gasteiger partial charge in [0, 0.05) is 22.0 Å². The maximum Gasteiger partial charge on any atom is 0.230 e. The van der Waals surface area contributed by atoms with Crippen molar-refractivity contribution in [2.45, 2.75) is 31.2 Å². The lowest BCUT2D eigenvalue weighted by atomic mass is 10.0. The molecule has 2 N–H and O–H groups in total. The van der Waals surface area contributed by atoms with Crippen molar-refractivity contribution in [3.63, 3.8) is 0 Å². The Balaban J connectivity index is 2.42. The Hall–Kier alpha value is -0.520. The number of nitrogens with one attached hydrogen (secondary N) is 1. The zero-order chi connectivity index (χ0) is 14.3. The normalized spacial score (nSPS) is 12.5. The van der Waals surface area contributed by atoms with E-state index < -0.39 is 0 Å². The Morgan fingerprint density at radius 3 is 2.79 bits per heavy atom. The Labute approximate surface area is 127 Å². The minimum atomic E-state index is 0.0112. The molecule has 0 bridgehead atoms. The van der Waals surface area contributed by atoms with Crippen LogP contribution in [0.5, 0.6) is 0 Å². The van der Waals surface area contributed by atoms with Gasteiger partial charge in [0.2, 0.25) is 5.91 Å². The van der Waals surface area contributed by atoms with Gasteiger partial charge in [-0.05, 0) is 30.5 Å². The molecule has 1 rings (SSSR count). The minimum Gasteiger partial charge on any atom is -0.396 e. The molecule has 1 aromatic carbocycles. The van der Waals surface area contributed by atoms with E-state index in [1.807, 2.05) is 38.1 Å². The van der Waals surface area contributed by atoms with Gasteiger partial charge in [0.05, 0.1) is 5.75 Å². The van der Waals surface area contributed by atoms with E-state index in [0.717, 1.165) is 9.37 Å². The van der Waals surface area contributed by atoms with Gasteiger partial charge in [-0.25, -0.2) is 0 Å². The highest BCUT2D eigenvalue weighted by atomic mass is 79.9. The fraction of sp³-hybridized carbons (Fsp3) is 0.500. The van der Waals surface area contributed by atoms with E-state index in [1.54, 1.807) is 0 Å². The molecule has 0 spiro atoms. The second kappa shape index (κ2) is 8.61. The second-order valence-electron chi connectivity index (χ2n) is 4.68. The van der Waals surface area contributed by atoms with Crippen molar-refractivity contribution < 1.29 is 9.90 Å². The maximum atomic E-state index is 11.9. The molecule has 0 aromatic heterocycles. The Morgan fingerprint density at radius 2 is 2.21 bits per heavy atom. The number of rotatable bonds is 7. The van der Waals surface area contributed by atoms with Gasteiger partial charge in [-0.15, -0.1) is 11.8 Å². The number of benzene rings is 1. The van der Waals surface area contributed by atoms with Crippen molar-refractivity contribution in [3.05, 3.63) is 28.7 Å². The van der Waals surface area contributed by atoms with Gasteiger partial charge in [-0.3, -0.25) is 4.79 Å². The quantitative estimate of drug-likeness (QED) is 0.746. The van der Waals surface area contributed by atoms with Crippen LogP contribution in [0.15, 0.2) is 33.6 Å². The SMILES string of the molecule is CC(C)C(CCO)NC(=O)CSc1cccc(Br)c1. The Bertz CT molecular complexity index is 412. The van der Waals surface area contributed by atoms with Crippen molar-refractivity contribution in [3.8, 4) is 0 Å². The molecule has 0 fully saturated rings. The van der Waals surface area contributed by atoms with Gasteiger partial charge in [-0.1, -0.05) is 35.8 Å². The topological polar surface area (TPSA) is 49.3 Å². The summed E-state index contributed by atoms with van der Waals surface area (Å²) in [7, 11) is 0. The van der Waals surface area contributed by atoms with Crippen LogP contribution >= 0.6 is 27.7 Å². The maximum absolute atomic E-state index is 11.9. The summed E-state index contributed by atoms with van der Waals surface area (Å²) in [5.74, 6) is 0.731. The number of thioether (sulfide) groups is 1. The zero-order valence-electron chi connectivity index (χ0n) is 11.2. The first-order chi connectivity index (χ1) is 9.02. The minimum absolute atomic E-state index is 0.0112. The van der Waals surface area contributed by atoms with Crippen LogP contribution in [0, 0.1) is 5.92 Å². The first kappa shape index (κ1) is 16.5. The first-order valence-corrected chi connectivity index (χ1v) is 8.09. The molecule has 0 heterocycles. The number of aliphatic hydroxyl groups excluding tert-OH is 1. The summed E-state index contributed by atoms with van der Waals surface area (Å²) in [5, 5.41) is 11.9. The number of carbonyl (C=O) groups is 1. The van der Waals surface area contributed by atoms with E-state index in [4.69, 9.17) is 5.11 Å². The average Bonchev–Trinajstić information content (AvgIpc) is 2.36. The van der Waals surface area contributed by atoms with E-state index in [9.17, 15) is 4.79 Å². The van der Waals surface area contributed by atoms with Crippen molar-refractivity contribution in [2.75, 3.05) is 12.4 Å². The highest BCUT2D eigenvalue weighted by molar-refractivity contribution is 9.10. The number of halogens is 1. The number of carbonyl (C=O) groups excluding carboxylic acids is 1. The van der Waals surface area contributed by atoms with Crippen LogP contribution < -0.4 is 5.32 Å². The molecule has 106 valence electrons. The summed E-state index contributed by atoms with van der Waals surface area (Å²) in [5.41, 5.74) is 0. The molecule has 5 heteroatoms. The van der Waals surface area contributed by atoms with Gasteiger partial charge >= 0.3 is 0 Å². The molecule has 1 atom stereocenters. The van der Waals surface area contributed by atoms with Crippen LogP contribution in [0.3, 0.4) is 0 Å². The standard InChI is InChI=1S/C14H20BrNO2S/c1-10(2)13(6-7-17)16-14(18)9-19-12-5-3-4-11(15)8-12/h3-5,8,10,13,17H,6-7,9H2,1-2H3,(H,16,18). The fourth-order valence-electron chi connectivity index (χ4n) is 1.67. The van der Waals surface area contributed by atoms with Gasteiger partial charge in [0.25, 0.3) is 0 Å². The lowest BCUT2D eigenvalue weighted by Gasteiger charge is -2.21. The van der Waals surface area contributed by atoms with Gasteiger partial charge in [0.1, 0.15) is 0 Å². The van der Waals surface area contributed by atoms with Crippen LogP contribution in [0.4, 0.5) is 0 Å². The number of amides is 1. The molecular weight excluding hydrogens is 326 g/mol. The largest absolute Gasteiger partial charge is 0.396 e. The molecule has 0 aliphatic heterocycles.